The summed E-state index contributed by atoms with van der Waals surface area (Å²) in [7, 11) is 3.29. The molecule has 4 rings (SSSR count). The Balaban J connectivity index is 1.55. The molecule has 1 aliphatic heterocycles. The van der Waals surface area contributed by atoms with Crippen LogP contribution in [0.2, 0.25) is 0 Å². The minimum absolute atomic E-state index is 0.0423. The van der Waals surface area contributed by atoms with Gasteiger partial charge in [0, 0.05) is 33.3 Å². The number of aryl methyl sites for hydroxylation is 2. The smallest absolute Gasteiger partial charge is 0.269 e. The van der Waals surface area contributed by atoms with Crippen LogP contribution in [0.4, 0.5) is 0 Å². The summed E-state index contributed by atoms with van der Waals surface area (Å²) in [5.74, 6) is 1.02. The summed E-state index contributed by atoms with van der Waals surface area (Å²) in [5.41, 5.74) is 0.0614. The number of nitrogens with zero attached hydrogens (tertiary/aromatic N) is 5. The van der Waals surface area contributed by atoms with Crippen molar-refractivity contribution in [1.29, 1.82) is 0 Å². The summed E-state index contributed by atoms with van der Waals surface area (Å²) in [6.45, 7) is 2.89. The largest absolute Gasteiger partial charge is 0.375 e. The van der Waals surface area contributed by atoms with Gasteiger partial charge in [-0.05, 0) is 25.7 Å². The molecule has 3 heterocycles. The molecule has 0 radical (unpaired) electrons. The van der Waals surface area contributed by atoms with Gasteiger partial charge in [0.05, 0.1) is 17.9 Å². The van der Waals surface area contributed by atoms with Crippen molar-refractivity contribution in [2.75, 3.05) is 26.8 Å². The molecule has 1 saturated carbocycles. The zero-order chi connectivity index (χ0) is 19.9. The molecule has 28 heavy (non-hydrogen) atoms. The third-order valence-electron chi connectivity index (χ3n) is 5.83. The molecule has 1 N–H and O–H groups in total. The maximum absolute atomic E-state index is 12.6. The Morgan fingerprint density at radius 3 is 2.93 bits per heavy atom. The summed E-state index contributed by atoms with van der Waals surface area (Å²) >= 11 is 0. The highest BCUT2D eigenvalue weighted by molar-refractivity contribution is 5.92. The van der Waals surface area contributed by atoms with E-state index in [2.05, 4.69) is 20.4 Å². The number of hydrogen-bond acceptors (Lipinski definition) is 7. The summed E-state index contributed by atoms with van der Waals surface area (Å²) in [6.07, 6.45) is 4.52. The van der Waals surface area contributed by atoms with Gasteiger partial charge in [-0.1, -0.05) is 5.16 Å². The van der Waals surface area contributed by atoms with Crippen LogP contribution in [-0.4, -0.2) is 69.3 Å². The van der Waals surface area contributed by atoms with Gasteiger partial charge in [-0.25, -0.2) is 4.98 Å². The zero-order valence-electron chi connectivity index (χ0n) is 16.2. The number of amides is 2. The summed E-state index contributed by atoms with van der Waals surface area (Å²) in [4.78, 5) is 35.2. The van der Waals surface area contributed by atoms with E-state index in [9.17, 15) is 9.59 Å². The first-order valence-corrected chi connectivity index (χ1v) is 9.27. The van der Waals surface area contributed by atoms with Gasteiger partial charge in [0.25, 0.3) is 5.91 Å². The van der Waals surface area contributed by atoms with Gasteiger partial charge >= 0.3 is 0 Å². The molecule has 1 unspecified atom stereocenters. The lowest BCUT2D eigenvalue weighted by Crippen LogP contribution is -2.40. The highest BCUT2D eigenvalue weighted by atomic mass is 16.5. The highest BCUT2D eigenvalue weighted by Gasteiger charge is 2.58. The lowest BCUT2D eigenvalue weighted by molar-refractivity contribution is -0.134. The second-order valence-electron chi connectivity index (χ2n) is 7.71. The third-order valence-corrected chi connectivity index (χ3v) is 5.83. The molecule has 2 amide bonds. The van der Waals surface area contributed by atoms with E-state index < -0.39 is 5.41 Å². The van der Waals surface area contributed by atoms with Gasteiger partial charge < -0.3 is 24.0 Å². The molecule has 10 nitrogen and oxygen atoms in total. The van der Waals surface area contributed by atoms with Crippen LogP contribution in [0.1, 0.15) is 35.0 Å². The Kier molecular flexibility index (Phi) is 4.66. The number of ether oxygens (including phenoxy) is 1. The SMILES string of the molecule is COCC(=O)N1CC2C[C@@H](NC(=O)c3cncn3C)C[C@]2(c2nc(C)no2)C1. The number of carbonyl (C=O) groups excluding carboxylic acids is 2. The van der Waals surface area contributed by atoms with Crippen molar-refractivity contribution in [3.8, 4) is 0 Å². The fourth-order valence-electron chi connectivity index (χ4n) is 4.55. The first-order chi connectivity index (χ1) is 13.4. The molecular formula is C18H24N6O4. The molecule has 1 aliphatic carbocycles. The molecule has 0 spiro atoms. The van der Waals surface area contributed by atoms with Crippen LogP contribution in [0, 0.1) is 12.8 Å². The predicted octanol–water partition coefficient (Wildman–Crippen LogP) is 0.0465. The number of likely N-dealkylation sites (tertiary alicyclic amines) is 1. The Morgan fingerprint density at radius 2 is 2.29 bits per heavy atom. The molecule has 2 aromatic heterocycles. The van der Waals surface area contributed by atoms with Crippen LogP contribution >= 0.6 is 0 Å². The molecule has 3 atom stereocenters. The lowest BCUT2D eigenvalue weighted by atomic mass is 9.80. The lowest BCUT2D eigenvalue weighted by Gasteiger charge is -2.25. The van der Waals surface area contributed by atoms with Crippen LogP contribution in [0.5, 0.6) is 0 Å². The monoisotopic (exact) mass is 388 g/mol. The van der Waals surface area contributed by atoms with Crippen molar-refractivity contribution >= 4 is 11.8 Å². The van der Waals surface area contributed by atoms with Crippen LogP contribution in [-0.2, 0) is 22.0 Å². The maximum Gasteiger partial charge on any atom is 0.269 e. The molecule has 2 aliphatic rings. The number of hydrogen-bond donors (Lipinski definition) is 1. The van der Waals surface area contributed by atoms with Gasteiger partial charge in [-0.3, -0.25) is 9.59 Å². The maximum atomic E-state index is 12.6. The number of aromatic nitrogens is 4. The van der Waals surface area contributed by atoms with E-state index in [1.165, 1.54) is 7.11 Å². The summed E-state index contributed by atoms with van der Waals surface area (Å²) < 4.78 is 12.2. The number of rotatable bonds is 5. The summed E-state index contributed by atoms with van der Waals surface area (Å²) in [6, 6.07) is -0.0423. The minimum atomic E-state index is -0.449. The fourth-order valence-corrected chi connectivity index (χ4v) is 4.55. The van der Waals surface area contributed by atoms with Crippen molar-refractivity contribution < 1.29 is 18.8 Å². The molecule has 0 bridgehead atoms. The number of imidazole rings is 1. The number of methoxy groups -OCH3 is 1. The van der Waals surface area contributed by atoms with Gasteiger partial charge in [0.15, 0.2) is 5.82 Å². The van der Waals surface area contributed by atoms with Crippen molar-refractivity contribution in [1.82, 2.24) is 29.9 Å². The number of fused-ring (bicyclic) bond motifs is 1. The van der Waals surface area contributed by atoms with Gasteiger partial charge in [0.1, 0.15) is 12.3 Å². The van der Waals surface area contributed by atoms with Gasteiger partial charge in [0.2, 0.25) is 11.8 Å². The summed E-state index contributed by atoms with van der Waals surface area (Å²) in [5, 5.41) is 7.05. The van der Waals surface area contributed by atoms with E-state index in [-0.39, 0.29) is 30.4 Å². The average Bonchev–Trinajstić information content (AvgIpc) is 3.38. The van der Waals surface area contributed by atoms with E-state index in [0.717, 1.165) is 6.42 Å². The first-order valence-electron chi connectivity index (χ1n) is 9.27. The molecule has 1 saturated heterocycles. The van der Waals surface area contributed by atoms with E-state index >= 15 is 0 Å². The fraction of sp³-hybridized carbons (Fsp3) is 0.611. The van der Waals surface area contributed by atoms with E-state index in [4.69, 9.17) is 9.26 Å². The van der Waals surface area contributed by atoms with Crippen molar-refractivity contribution in [2.24, 2.45) is 13.0 Å². The molecule has 0 aromatic carbocycles. The number of carbonyl (C=O) groups is 2. The van der Waals surface area contributed by atoms with Crippen LogP contribution in [0.3, 0.4) is 0 Å². The van der Waals surface area contributed by atoms with E-state index in [1.54, 1.807) is 36.0 Å². The normalized spacial score (nSPS) is 26.5. The first kappa shape index (κ1) is 18.6. The number of nitrogens with one attached hydrogen (secondary N) is 1. The van der Waals surface area contributed by atoms with Crippen molar-refractivity contribution in [3.05, 3.63) is 29.9 Å². The molecular weight excluding hydrogens is 364 g/mol. The quantitative estimate of drug-likeness (QED) is 0.769. The van der Waals surface area contributed by atoms with Gasteiger partial charge in [-0.15, -0.1) is 0 Å². The Hall–Kier alpha value is -2.75. The molecule has 10 heteroatoms. The second-order valence-corrected chi connectivity index (χ2v) is 7.71. The topological polar surface area (TPSA) is 115 Å². The molecule has 2 fully saturated rings. The van der Waals surface area contributed by atoms with Gasteiger partial charge in [-0.2, -0.15) is 4.98 Å². The Morgan fingerprint density at radius 1 is 1.46 bits per heavy atom. The average molecular weight is 388 g/mol. The predicted molar refractivity (Wildman–Crippen MR) is 96.4 cm³/mol. The third kappa shape index (κ3) is 3.07. The highest BCUT2D eigenvalue weighted by Crippen LogP contribution is 2.50. The van der Waals surface area contributed by atoms with Crippen LogP contribution in [0.25, 0.3) is 0 Å². The minimum Gasteiger partial charge on any atom is -0.375 e. The molecule has 2 aromatic rings. The second kappa shape index (κ2) is 7.01. The van der Waals surface area contributed by atoms with Crippen LogP contribution < -0.4 is 5.32 Å². The van der Waals surface area contributed by atoms with E-state index in [1.807, 2.05) is 0 Å². The van der Waals surface area contributed by atoms with Crippen LogP contribution in [0.15, 0.2) is 17.0 Å². The van der Waals surface area contributed by atoms with Crippen molar-refractivity contribution in [2.45, 2.75) is 31.2 Å². The van der Waals surface area contributed by atoms with E-state index in [0.29, 0.717) is 36.9 Å². The Labute approximate surface area is 162 Å². The molecule has 150 valence electrons. The van der Waals surface area contributed by atoms with Crippen molar-refractivity contribution in [3.63, 3.8) is 0 Å². The zero-order valence-corrected chi connectivity index (χ0v) is 16.2. The standard InChI is InChI=1S/C18H24N6O4/c1-11-20-17(28-22-11)18-5-13(21-16(26)14-6-19-10-23(14)2)4-12(18)7-24(9-18)15(25)8-27-3/h6,10,12-13H,4-5,7-9H2,1-3H3,(H,21,26)/t12?,13-,18+/m1/s1. The Bertz CT molecular complexity index is 892.